The Kier molecular flexibility index (Phi) is 4.80. The molecule has 1 aromatic carbocycles. The Morgan fingerprint density at radius 2 is 2.25 bits per heavy atom. The van der Waals surface area contributed by atoms with Crippen LogP contribution in [0.1, 0.15) is 61.1 Å². The fourth-order valence-corrected chi connectivity index (χ4v) is 4.26. The fraction of sp³-hybridized carbons (Fsp3) is 0.238. The Labute approximate surface area is 165 Å². The summed E-state index contributed by atoms with van der Waals surface area (Å²) in [5.41, 5.74) is 2.78. The highest BCUT2D eigenvalue weighted by Crippen LogP contribution is 2.30. The molecule has 2 heterocycles. The molecule has 2 aromatic heterocycles. The predicted molar refractivity (Wildman–Crippen MR) is 105 cm³/mol. The number of aromatic nitrogens is 1. The number of nitriles is 1. The first-order chi connectivity index (χ1) is 13.5. The average Bonchev–Trinajstić information content (AvgIpc) is 3.26. The van der Waals surface area contributed by atoms with Gasteiger partial charge in [-0.25, -0.2) is 4.98 Å². The summed E-state index contributed by atoms with van der Waals surface area (Å²) < 4.78 is 5.68. The van der Waals surface area contributed by atoms with Crippen LogP contribution in [0.15, 0.2) is 34.9 Å². The lowest BCUT2D eigenvalue weighted by atomic mass is 9.94. The number of nitrogens with one attached hydrogen (secondary N) is 1. The van der Waals surface area contributed by atoms with Crippen LogP contribution in [-0.4, -0.2) is 16.7 Å². The highest BCUT2D eigenvalue weighted by molar-refractivity contribution is 7.15. The van der Waals surface area contributed by atoms with Crippen molar-refractivity contribution in [2.75, 3.05) is 5.32 Å². The van der Waals surface area contributed by atoms with Crippen LogP contribution < -0.4 is 5.32 Å². The lowest BCUT2D eigenvalue weighted by molar-refractivity contribution is 0.0963. The van der Waals surface area contributed by atoms with E-state index in [1.807, 2.05) is 18.2 Å². The summed E-state index contributed by atoms with van der Waals surface area (Å²) in [6.45, 7) is 1.75. The van der Waals surface area contributed by atoms with Crippen LogP contribution in [-0.2, 0) is 12.8 Å². The molecule has 0 unspecified atom stereocenters. The number of hydrogen-bond donors (Lipinski definition) is 1. The lowest BCUT2D eigenvalue weighted by Crippen LogP contribution is -2.13. The largest absolute Gasteiger partial charge is 0.455 e. The molecule has 0 atom stereocenters. The van der Waals surface area contributed by atoms with Gasteiger partial charge in [0.1, 0.15) is 5.76 Å². The van der Waals surface area contributed by atoms with E-state index in [0.29, 0.717) is 46.8 Å². The molecule has 0 radical (unpaired) electrons. The second-order valence-electron chi connectivity index (χ2n) is 6.71. The second kappa shape index (κ2) is 7.41. The van der Waals surface area contributed by atoms with Crippen molar-refractivity contribution in [2.24, 2.45) is 0 Å². The molecule has 0 bridgehead atoms. The minimum atomic E-state index is -0.396. The zero-order chi connectivity index (χ0) is 19.7. The number of aryl methyl sites for hydroxylation is 1. The maximum atomic E-state index is 12.6. The molecule has 0 saturated carbocycles. The first kappa shape index (κ1) is 18.1. The number of nitrogens with zero attached hydrogens (tertiary/aromatic N) is 2. The van der Waals surface area contributed by atoms with Crippen molar-refractivity contribution < 1.29 is 14.0 Å². The zero-order valence-corrected chi connectivity index (χ0v) is 16.1. The number of fused-ring (bicyclic) bond motifs is 1. The summed E-state index contributed by atoms with van der Waals surface area (Å²) in [5, 5.41) is 12.2. The summed E-state index contributed by atoms with van der Waals surface area (Å²) in [7, 11) is 0. The van der Waals surface area contributed by atoms with E-state index in [2.05, 4.69) is 16.4 Å². The smallest absolute Gasteiger partial charge is 0.293 e. The van der Waals surface area contributed by atoms with Crippen LogP contribution in [0.3, 0.4) is 0 Å². The van der Waals surface area contributed by atoms with E-state index in [-0.39, 0.29) is 11.5 Å². The van der Waals surface area contributed by atoms with Gasteiger partial charge in [-0.2, -0.15) is 5.26 Å². The number of carbonyl (C=O) groups excluding carboxylic acids is 2. The molecule has 1 aliphatic rings. The van der Waals surface area contributed by atoms with Gasteiger partial charge < -0.3 is 4.42 Å². The van der Waals surface area contributed by atoms with Crippen LogP contribution in [0.2, 0.25) is 0 Å². The van der Waals surface area contributed by atoms with Crippen LogP contribution in [0.4, 0.5) is 5.13 Å². The molecule has 1 N–H and O–H groups in total. The molecule has 3 aromatic rings. The van der Waals surface area contributed by atoms with Crippen LogP contribution >= 0.6 is 11.3 Å². The van der Waals surface area contributed by atoms with Crippen molar-refractivity contribution in [1.82, 2.24) is 4.98 Å². The first-order valence-electron chi connectivity index (χ1n) is 8.95. The Morgan fingerprint density at radius 1 is 1.39 bits per heavy atom. The van der Waals surface area contributed by atoms with E-state index >= 15 is 0 Å². The molecule has 6 nitrogen and oxygen atoms in total. The number of carbonyl (C=O) groups is 2. The fourth-order valence-electron chi connectivity index (χ4n) is 3.42. The molecule has 0 spiro atoms. The van der Waals surface area contributed by atoms with Gasteiger partial charge in [0.15, 0.2) is 16.7 Å². The highest BCUT2D eigenvalue weighted by atomic mass is 32.1. The second-order valence-corrected chi connectivity index (χ2v) is 7.82. The minimum absolute atomic E-state index is 0.0395. The van der Waals surface area contributed by atoms with Crippen molar-refractivity contribution in [3.63, 3.8) is 0 Å². The van der Waals surface area contributed by atoms with E-state index in [4.69, 9.17) is 9.68 Å². The average molecular weight is 391 g/mol. The van der Waals surface area contributed by atoms with Gasteiger partial charge in [-0.1, -0.05) is 12.1 Å². The maximum Gasteiger partial charge on any atom is 0.293 e. The molecule has 1 aliphatic carbocycles. The number of furan rings is 1. The topological polar surface area (TPSA) is 96.0 Å². The van der Waals surface area contributed by atoms with E-state index in [1.165, 1.54) is 11.3 Å². The summed E-state index contributed by atoms with van der Waals surface area (Å²) in [4.78, 5) is 30.0. The Hall–Kier alpha value is -3.24. The number of anilines is 1. The Balaban J connectivity index is 1.49. The van der Waals surface area contributed by atoms with Crippen molar-refractivity contribution in [2.45, 2.75) is 32.6 Å². The van der Waals surface area contributed by atoms with Gasteiger partial charge in [0.05, 0.1) is 17.2 Å². The minimum Gasteiger partial charge on any atom is -0.455 e. The van der Waals surface area contributed by atoms with Gasteiger partial charge in [0.2, 0.25) is 0 Å². The number of benzene rings is 1. The van der Waals surface area contributed by atoms with Gasteiger partial charge in [-0.3, -0.25) is 14.9 Å². The lowest BCUT2D eigenvalue weighted by Gasteiger charge is -2.07. The van der Waals surface area contributed by atoms with Gasteiger partial charge >= 0.3 is 0 Å². The first-order valence-corrected chi connectivity index (χ1v) is 9.77. The predicted octanol–water partition coefficient (Wildman–Crippen LogP) is 4.28. The summed E-state index contributed by atoms with van der Waals surface area (Å²) in [5.74, 6) is 0.430. The molecule has 7 heteroatoms. The van der Waals surface area contributed by atoms with Crippen LogP contribution in [0.5, 0.6) is 0 Å². The normalized spacial score (nSPS) is 13.1. The number of ketones is 1. The van der Waals surface area contributed by atoms with Crippen LogP contribution in [0.25, 0.3) is 0 Å². The SMILES string of the molecule is Cc1c(C(=O)Nc2ncc(Cc3cccc(C#N)c3)s2)oc2c1C(=O)CCC2. The number of rotatable bonds is 4. The molecule has 0 saturated heterocycles. The summed E-state index contributed by atoms with van der Waals surface area (Å²) in [6, 6.07) is 9.53. The van der Waals surface area contributed by atoms with Crippen LogP contribution in [0, 0.1) is 18.3 Å². The Bertz CT molecular complexity index is 1120. The van der Waals surface area contributed by atoms with Gasteiger partial charge in [-0.15, -0.1) is 11.3 Å². The molecule has 1 amide bonds. The van der Waals surface area contributed by atoms with E-state index < -0.39 is 5.91 Å². The van der Waals surface area contributed by atoms with E-state index in [9.17, 15) is 9.59 Å². The standard InChI is InChI=1S/C21H17N3O3S/c1-12-18-16(25)6-3-7-17(18)27-19(12)20(26)24-21-23-11-15(28-21)9-13-4-2-5-14(8-13)10-22/h2,4-5,8,11H,3,6-7,9H2,1H3,(H,23,24,26). The van der Waals surface area contributed by atoms with E-state index in [0.717, 1.165) is 16.9 Å². The van der Waals surface area contributed by atoms with Gasteiger partial charge in [-0.05, 0) is 31.0 Å². The van der Waals surface area contributed by atoms with Crippen molar-refractivity contribution >= 4 is 28.2 Å². The van der Waals surface area contributed by atoms with Crippen molar-refractivity contribution in [3.8, 4) is 6.07 Å². The third-order valence-corrected chi connectivity index (χ3v) is 5.63. The molecular weight excluding hydrogens is 374 g/mol. The summed E-state index contributed by atoms with van der Waals surface area (Å²) in [6.07, 6.45) is 4.27. The van der Waals surface area contributed by atoms with Gasteiger partial charge in [0.25, 0.3) is 5.91 Å². The van der Waals surface area contributed by atoms with Crippen molar-refractivity contribution in [3.05, 3.63) is 69.1 Å². The van der Waals surface area contributed by atoms with E-state index in [1.54, 1.807) is 19.2 Å². The third kappa shape index (κ3) is 3.47. The maximum absolute atomic E-state index is 12.6. The zero-order valence-electron chi connectivity index (χ0n) is 15.2. The molecule has 28 heavy (non-hydrogen) atoms. The monoisotopic (exact) mass is 391 g/mol. The Morgan fingerprint density at radius 3 is 3.04 bits per heavy atom. The number of thiazole rings is 1. The number of hydrogen-bond acceptors (Lipinski definition) is 6. The molecule has 140 valence electrons. The number of amides is 1. The summed E-state index contributed by atoms with van der Waals surface area (Å²) >= 11 is 1.37. The molecule has 0 fully saturated rings. The molecule has 0 aliphatic heterocycles. The third-order valence-electron chi connectivity index (χ3n) is 4.72. The molecular formula is C21H17N3O3S. The molecule has 4 rings (SSSR count). The van der Waals surface area contributed by atoms with Crippen molar-refractivity contribution in [1.29, 1.82) is 5.26 Å². The van der Waals surface area contributed by atoms with Gasteiger partial charge in [0, 0.05) is 35.9 Å². The number of Topliss-reactive ketones (excluding diaryl/α,β-unsaturated/α-hetero) is 1. The quantitative estimate of drug-likeness (QED) is 0.716. The highest BCUT2D eigenvalue weighted by Gasteiger charge is 2.29.